The summed E-state index contributed by atoms with van der Waals surface area (Å²) in [5.41, 5.74) is 3.60. The summed E-state index contributed by atoms with van der Waals surface area (Å²) in [5.74, 6) is 0.00376. The number of nitrogens with one attached hydrogen (secondary N) is 1. The summed E-state index contributed by atoms with van der Waals surface area (Å²) in [4.78, 5) is 14.2. The molecule has 0 bridgehead atoms. The molecule has 2 heterocycles. The van der Waals surface area contributed by atoms with Gasteiger partial charge in [-0.2, -0.15) is 0 Å². The van der Waals surface area contributed by atoms with Crippen LogP contribution in [0.2, 0.25) is 0 Å². The van der Waals surface area contributed by atoms with Gasteiger partial charge in [0.1, 0.15) is 6.04 Å². The van der Waals surface area contributed by atoms with Crippen LogP contribution in [0.5, 0.6) is 0 Å². The highest BCUT2D eigenvalue weighted by Gasteiger charge is 2.42. The van der Waals surface area contributed by atoms with Gasteiger partial charge in [-0.3, -0.25) is 9.10 Å². The van der Waals surface area contributed by atoms with Gasteiger partial charge in [0.05, 0.1) is 16.3 Å². The van der Waals surface area contributed by atoms with Gasteiger partial charge in [-0.1, -0.05) is 35.9 Å². The van der Waals surface area contributed by atoms with E-state index in [4.69, 9.17) is 0 Å². The molecule has 5 nitrogen and oxygen atoms in total. The number of fused-ring (bicyclic) bond motifs is 1. The second-order valence-corrected chi connectivity index (χ2v) is 10.6. The highest BCUT2D eigenvalue weighted by atomic mass is 32.2. The lowest BCUT2D eigenvalue weighted by atomic mass is 9.89. The number of para-hydroxylation sites is 2. The van der Waals surface area contributed by atoms with E-state index in [2.05, 4.69) is 5.32 Å². The van der Waals surface area contributed by atoms with Crippen LogP contribution in [0.15, 0.2) is 82.2 Å². The number of Topliss-reactive ketones (excluding diaryl/α,β-unsaturated/α-hetero) is 1. The molecule has 5 rings (SSSR count). The molecule has 1 aromatic heterocycles. The van der Waals surface area contributed by atoms with Crippen molar-refractivity contribution in [2.24, 2.45) is 0 Å². The maximum Gasteiger partial charge on any atom is 0.265 e. The summed E-state index contributed by atoms with van der Waals surface area (Å²) in [5, 5.41) is 5.32. The SMILES string of the molecule is Cc1ccc(S(=O)(=O)N2c3ccccc3NC3=C(C(=O)CCC3)C2c2cccs2)cc1. The van der Waals surface area contributed by atoms with Crippen LogP contribution in [0.4, 0.5) is 11.4 Å². The summed E-state index contributed by atoms with van der Waals surface area (Å²) in [7, 11) is -3.95. The molecular weight excluding hydrogens is 428 g/mol. The van der Waals surface area contributed by atoms with Gasteiger partial charge in [-0.15, -0.1) is 11.3 Å². The second-order valence-electron chi connectivity index (χ2n) is 7.84. The fraction of sp³-hybridized carbons (Fsp3) is 0.208. The minimum absolute atomic E-state index is 0.00376. The van der Waals surface area contributed by atoms with Crippen molar-refractivity contribution in [3.63, 3.8) is 0 Å². The third kappa shape index (κ3) is 3.38. The minimum atomic E-state index is -3.95. The molecule has 0 saturated heterocycles. The molecule has 0 amide bonds. The zero-order chi connectivity index (χ0) is 21.6. The quantitative estimate of drug-likeness (QED) is 0.578. The third-order valence-corrected chi connectivity index (χ3v) is 8.50. The van der Waals surface area contributed by atoms with Crippen molar-refractivity contribution < 1.29 is 13.2 Å². The maximum atomic E-state index is 14.1. The van der Waals surface area contributed by atoms with E-state index in [0.717, 1.165) is 29.0 Å². The lowest BCUT2D eigenvalue weighted by Gasteiger charge is -2.33. The molecular formula is C24H22N2O3S2. The highest BCUT2D eigenvalue weighted by Crippen LogP contribution is 2.48. The molecule has 1 N–H and O–H groups in total. The molecule has 0 radical (unpaired) electrons. The smallest absolute Gasteiger partial charge is 0.265 e. The predicted molar refractivity (Wildman–Crippen MR) is 124 cm³/mol. The number of anilines is 2. The van der Waals surface area contributed by atoms with E-state index in [1.54, 1.807) is 30.3 Å². The fourth-order valence-electron chi connectivity index (χ4n) is 4.30. The Bertz CT molecular complexity index is 1280. The molecule has 1 unspecified atom stereocenters. The van der Waals surface area contributed by atoms with Crippen LogP contribution in [-0.4, -0.2) is 14.2 Å². The van der Waals surface area contributed by atoms with Gasteiger partial charge in [0.15, 0.2) is 5.78 Å². The zero-order valence-electron chi connectivity index (χ0n) is 17.0. The first-order chi connectivity index (χ1) is 15.0. The van der Waals surface area contributed by atoms with E-state index in [1.165, 1.54) is 15.6 Å². The van der Waals surface area contributed by atoms with Gasteiger partial charge in [0, 0.05) is 22.6 Å². The van der Waals surface area contributed by atoms with E-state index in [1.807, 2.05) is 42.6 Å². The first-order valence-corrected chi connectivity index (χ1v) is 12.6. The van der Waals surface area contributed by atoms with Crippen molar-refractivity contribution in [1.82, 2.24) is 0 Å². The molecule has 7 heteroatoms. The molecule has 31 heavy (non-hydrogen) atoms. The van der Waals surface area contributed by atoms with E-state index >= 15 is 0 Å². The number of benzene rings is 2. The first-order valence-electron chi connectivity index (χ1n) is 10.2. The first kappa shape index (κ1) is 20.0. The fourth-order valence-corrected chi connectivity index (χ4v) is 6.81. The molecule has 0 spiro atoms. The summed E-state index contributed by atoms with van der Waals surface area (Å²) >= 11 is 1.47. The van der Waals surface area contributed by atoms with Crippen molar-refractivity contribution in [3.8, 4) is 0 Å². The van der Waals surface area contributed by atoms with Crippen molar-refractivity contribution >= 4 is 38.5 Å². The molecule has 1 aliphatic carbocycles. The summed E-state index contributed by atoms with van der Waals surface area (Å²) < 4.78 is 29.6. The van der Waals surface area contributed by atoms with Gasteiger partial charge < -0.3 is 5.32 Å². The number of sulfonamides is 1. The zero-order valence-corrected chi connectivity index (χ0v) is 18.7. The van der Waals surface area contributed by atoms with Crippen LogP contribution in [0, 0.1) is 6.92 Å². The van der Waals surface area contributed by atoms with Gasteiger partial charge in [0.2, 0.25) is 0 Å². The van der Waals surface area contributed by atoms with E-state index in [0.29, 0.717) is 23.4 Å². The van der Waals surface area contributed by atoms with Gasteiger partial charge in [-0.05, 0) is 55.5 Å². The third-order valence-electron chi connectivity index (χ3n) is 5.78. The van der Waals surface area contributed by atoms with Crippen LogP contribution in [0.3, 0.4) is 0 Å². The molecule has 1 aliphatic heterocycles. The van der Waals surface area contributed by atoms with Gasteiger partial charge in [-0.25, -0.2) is 8.42 Å². The maximum absolute atomic E-state index is 14.1. The van der Waals surface area contributed by atoms with Crippen molar-refractivity contribution in [2.75, 3.05) is 9.62 Å². The Morgan fingerprint density at radius 1 is 1.00 bits per heavy atom. The molecule has 2 aromatic carbocycles. The van der Waals surface area contributed by atoms with Crippen LogP contribution in [0.1, 0.15) is 35.7 Å². The van der Waals surface area contributed by atoms with Crippen LogP contribution in [0.25, 0.3) is 0 Å². The number of carbonyl (C=O) groups is 1. The number of rotatable bonds is 3. The van der Waals surface area contributed by atoms with Crippen LogP contribution < -0.4 is 9.62 Å². The Kier molecular flexibility index (Phi) is 4.95. The minimum Gasteiger partial charge on any atom is -0.357 e. The lowest BCUT2D eigenvalue weighted by Crippen LogP contribution is -2.37. The van der Waals surface area contributed by atoms with E-state index in [9.17, 15) is 13.2 Å². The van der Waals surface area contributed by atoms with Crippen LogP contribution >= 0.6 is 11.3 Å². The van der Waals surface area contributed by atoms with Crippen LogP contribution in [-0.2, 0) is 14.8 Å². The Hall–Kier alpha value is -2.90. The normalized spacial score (nSPS) is 18.8. The monoisotopic (exact) mass is 450 g/mol. The van der Waals surface area contributed by atoms with Crippen molar-refractivity contribution in [2.45, 2.75) is 37.1 Å². The predicted octanol–water partition coefficient (Wildman–Crippen LogP) is 5.43. The van der Waals surface area contributed by atoms with E-state index in [-0.39, 0.29) is 10.7 Å². The molecule has 1 atom stereocenters. The number of carbonyl (C=O) groups excluding carboxylic acids is 1. The molecule has 0 fully saturated rings. The standard InChI is InChI=1S/C24H22N2O3S2/c1-16-11-13-17(14-12-16)31(28,29)26-20-8-3-2-6-18(20)25-19-7-4-9-21(27)23(19)24(26)22-10-5-15-30-22/h2-3,5-6,8,10-15,24-25H,4,7,9H2,1H3. The van der Waals surface area contributed by atoms with Crippen molar-refractivity contribution in [3.05, 3.63) is 87.8 Å². The molecule has 2 aliphatic rings. The Balaban J connectivity index is 1.82. The lowest BCUT2D eigenvalue weighted by molar-refractivity contribution is -0.116. The number of nitrogens with zero attached hydrogens (tertiary/aromatic N) is 1. The number of thiophene rings is 1. The number of aryl methyl sites for hydroxylation is 1. The number of ketones is 1. The Morgan fingerprint density at radius 3 is 2.52 bits per heavy atom. The topological polar surface area (TPSA) is 66.5 Å². The van der Waals surface area contributed by atoms with Crippen molar-refractivity contribution in [1.29, 1.82) is 0 Å². The van der Waals surface area contributed by atoms with E-state index < -0.39 is 16.1 Å². The molecule has 3 aromatic rings. The average molecular weight is 451 g/mol. The highest BCUT2D eigenvalue weighted by molar-refractivity contribution is 7.92. The number of hydrogen-bond donors (Lipinski definition) is 1. The summed E-state index contributed by atoms with van der Waals surface area (Å²) in [6, 6.07) is 17.3. The average Bonchev–Trinajstić information content (AvgIpc) is 3.23. The molecule has 0 saturated carbocycles. The Labute approximate surface area is 186 Å². The van der Waals surface area contributed by atoms with Gasteiger partial charge >= 0.3 is 0 Å². The summed E-state index contributed by atoms with van der Waals surface area (Å²) in [6.07, 6.45) is 1.90. The second kappa shape index (κ2) is 7.66. The largest absolute Gasteiger partial charge is 0.357 e. The Morgan fingerprint density at radius 2 is 1.77 bits per heavy atom. The summed E-state index contributed by atoms with van der Waals surface area (Å²) in [6.45, 7) is 1.92. The van der Waals surface area contributed by atoms with Gasteiger partial charge in [0.25, 0.3) is 10.0 Å². The number of hydrogen-bond acceptors (Lipinski definition) is 5. The molecule has 158 valence electrons. The number of allylic oxidation sites excluding steroid dienone is 1.